The largest absolute Gasteiger partial charge is 0.457 e. The standard InChI is InChI=1S/C35H33N7O3/c1-35(2,30-12-6-7-18-38-30)21-24(22-36)33(43)40-20-8-9-26(23-40)41-29-17-19-39-32(37)31(29)42(34(41)44)25-13-15-28(16-14-25)45-27-10-4-3-5-11-27/h3-7,10-19,21,26H,8-9,20,23H2,1-2H3,(H2,37,39)/b24-21-/t26-/m1/s1. The maximum absolute atomic E-state index is 14.2. The number of carbonyl (C=O) groups excluding carboxylic acids is 1. The third-order valence-corrected chi connectivity index (χ3v) is 8.12. The maximum Gasteiger partial charge on any atom is 0.334 e. The number of hydrogen-bond acceptors (Lipinski definition) is 7. The number of anilines is 1. The third kappa shape index (κ3) is 5.80. The van der Waals surface area contributed by atoms with Crippen LogP contribution in [0.2, 0.25) is 0 Å². The van der Waals surface area contributed by atoms with E-state index in [-0.39, 0.29) is 35.6 Å². The zero-order chi connectivity index (χ0) is 31.6. The maximum atomic E-state index is 14.2. The Morgan fingerprint density at radius 1 is 1.00 bits per heavy atom. The van der Waals surface area contributed by atoms with Crippen LogP contribution in [0.3, 0.4) is 0 Å². The first-order valence-electron chi connectivity index (χ1n) is 14.8. The molecule has 6 rings (SSSR count). The number of rotatable bonds is 7. The van der Waals surface area contributed by atoms with E-state index in [2.05, 4.69) is 16.0 Å². The first-order valence-corrected chi connectivity index (χ1v) is 14.8. The highest BCUT2D eigenvalue weighted by molar-refractivity contribution is 5.97. The lowest BCUT2D eigenvalue weighted by Gasteiger charge is -2.33. The molecule has 3 aromatic heterocycles. The average molecular weight is 600 g/mol. The van der Waals surface area contributed by atoms with Crippen molar-refractivity contribution in [2.75, 3.05) is 18.8 Å². The number of nitrogens with zero attached hydrogens (tertiary/aromatic N) is 6. The van der Waals surface area contributed by atoms with Gasteiger partial charge in [-0.25, -0.2) is 9.78 Å². The van der Waals surface area contributed by atoms with E-state index < -0.39 is 5.41 Å². The second-order valence-electron chi connectivity index (χ2n) is 11.6. The Bertz CT molecular complexity index is 1970. The molecule has 2 aromatic carbocycles. The Hall–Kier alpha value is -5.69. The summed E-state index contributed by atoms with van der Waals surface area (Å²) in [6.45, 7) is 4.60. The van der Waals surface area contributed by atoms with Crippen LogP contribution >= 0.6 is 0 Å². The summed E-state index contributed by atoms with van der Waals surface area (Å²) in [7, 11) is 0. The van der Waals surface area contributed by atoms with Crippen molar-refractivity contribution >= 4 is 22.8 Å². The quantitative estimate of drug-likeness (QED) is 0.192. The van der Waals surface area contributed by atoms with Gasteiger partial charge in [0.1, 0.15) is 34.5 Å². The fourth-order valence-electron chi connectivity index (χ4n) is 5.91. The molecule has 45 heavy (non-hydrogen) atoms. The SMILES string of the molecule is CC(C)(/C=C(/C#N)C(=O)N1CCC[C@@H](n2c(=O)n(-c3ccc(Oc4ccccc4)cc3)c3c(N)nccc32)C1)c1ccccn1. The van der Waals surface area contributed by atoms with Gasteiger partial charge < -0.3 is 15.4 Å². The molecule has 1 aliphatic rings. The Kier molecular flexibility index (Phi) is 7.92. The summed E-state index contributed by atoms with van der Waals surface area (Å²) in [6, 6.07) is 25.8. The number of aromatic nitrogens is 4. The van der Waals surface area contributed by atoms with Crippen LogP contribution in [-0.2, 0) is 10.2 Å². The number of likely N-dealkylation sites (tertiary alicyclic amines) is 1. The van der Waals surface area contributed by atoms with Gasteiger partial charge in [0.05, 0.1) is 17.2 Å². The Balaban J connectivity index is 1.32. The van der Waals surface area contributed by atoms with E-state index >= 15 is 0 Å². The van der Waals surface area contributed by atoms with Gasteiger partial charge in [0.25, 0.3) is 5.91 Å². The molecule has 4 heterocycles. The Labute approximate surface area is 260 Å². The fourth-order valence-corrected chi connectivity index (χ4v) is 5.91. The number of piperidine rings is 1. The number of nitrogen functional groups attached to an aromatic ring is 1. The molecule has 1 amide bonds. The number of nitriles is 1. The molecule has 1 atom stereocenters. The number of ether oxygens (including phenoxy) is 1. The lowest BCUT2D eigenvalue weighted by molar-refractivity contribution is -0.128. The van der Waals surface area contributed by atoms with Gasteiger partial charge in [0.15, 0.2) is 0 Å². The molecule has 10 nitrogen and oxygen atoms in total. The first-order chi connectivity index (χ1) is 21.8. The number of carbonyl (C=O) groups is 1. The molecule has 1 fully saturated rings. The lowest BCUT2D eigenvalue weighted by atomic mass is 9.86. The van der Waals surface area contributed by atoms with Crippen molar-refractivity contribution in [2.24, 2.45) is 0 Å². The van der Waals surface area contributed by atoms with Crippen LogP contribution in [0.25, 0.3) is 16.7 Å². The smallest absolute Gasteiger partial charge is 0.334 e. The highest BCUT2D eigenvalue weighted by atomic mass is 16.5. The Morgan fingerprint density at radius 3 is 2.44 bits per heavy atom. The van der Waals surface area contributed by atoms with Crippen molar-refractivity contribution < 1.29 is 9.53 Å². The Morgan fingerprint density at radius 2 is 1.73 bits per heavy atom. The highest BCUT2D eigenvalue weighted by Gasteiger charge is 2.32. The summed E-state index contributed by atoms with van der Waals surface area (Å²) < 4.78 is 9.19. The number of benzene rings is 2. The first kappa shape index (κ1) is 29.4. The molecule has 1 saturated heterocycles. The van der Waals surface area contributed by atoms with E-state index in [9.17, 15) is 14.9 Å². The minimum Gasteiger partial charge on any atom is -0.457 e. The lowest BCUT2D eigenvalue weighted by Crippen LogP contribution is -2.43. The molecule has 0 radical (unpaired) electrons. The second-order valence-corrected chi connectivity index (χ2v) is 11.6. The van der Waals surface area contributed by atoms with E-state index in [0.29, 0.717) is 47.6 Å². The molecular formula is C35H33N7O3. The second kappa shape index (κ2) is 12.1. The van der Waals surface area contributed by atoms with E-state index in [1.807, 2.05) is 62.4 Å². The molecule has 5 aromatic rings. The van der Waals surface area contributed by atoms with Gasteiger partial charge in [-0.05, 0) is 73.5 Å². The number of allylic oxidation sites excluding steroid dienone is 1. The minimum atomic E-state index is -0.631. The van der Waals surface area contributed by atoms with Crippen molar-refractivity contribution in [3.05, 3.63) is 119 Å². The van der Waals surface area contributed by atoms with Crippen molar-refractivity contribution in [1.29, 1.82) is 5.26 Å². The molecule has 0 unspecified atom stereocenters. The van der Waals surface area contributed by atoms with Gasteiger partial charge in [0, 0.05) is 36.6 Å². The van der Waals surface area contributed by atoms with Crippen molar-refractivity contribution in [2.45, 2.75) is 38.1 Å². The van der Waals surface area contributed by atoms with Gasteiger partial charge >= 0.3 is 5.69 Å². The highest BCUT2D eigenvalue weighted by Crippen LogP contribution is 2.31. The predicted octanol–water partition coefficient (Wildman–Crippen LogP) is 5.55. The van der Waals surface area contributed by atoms with Crippen molar-refractivity contribution in [3.8, 4) is 23.3 Å². The van der Waals surface area contributed by atoms with E-state index in [1.54, 1.807) is 62.8 Å². The number of imidazole rings is 1. The zero-order valence-electron chi connectivity index (χ0n) is 25.1. The van der Waals surface area contributed by atoms with Crippen LogP contribution < -0.4 is 16.2 Å². The third-order valence-electron chi connectivity index (χ3n) is 8.12. The van der Waals surface area contributed by atoms with Gasteiger partial charge in [-0.3, -0.25) is 18.9 Å². The van der Waals surface area contributed by atoms with Gasteiger partial charge in [-0.2, -0.15) is 5.26 Å². The van der Waals surface area contributed by atoms with Crippen molar-refractivity contribution in [1.82, 2.24) is 24.0 Å². The molecule has 2 N–H and O–H groups in total. The fraction of sp³-hybridized carbons (Fsp3) is 0.229. The van der Waals surface area contributed by atoms with Crippen LogP contribution in [0, 0.1) is 11.3 Å². The zero-order valence-corrected chi connectivity index (χ0v) is 25.1. The minimum absolute atomic E-state index is 0.0485. The number of nitrogens with two attached hydrogens (primary N) is 1. The van der Waals surface area contributed by atoms with E-state index in [4.69, 9.17) is 10.5 Å². The van der Waals surface area contributed by atoms with Crippen LogP contribution in [0.4, 0.5) is 5.82 Å². The molecule has 0 spiro atoms. The molecule has 10 heteroatoms. The topological polar surface area (TPSA) is 132 Å². The number of amides is 1. The number of fused-ring (bicyclic) bond motifs is 1. The van der Waals surface area contributed by atoms with Crippen LogP contribution in [0.5, 0.6) is 11.5 Å². The van der Waals surface area contributed by atoms with Gasteiger partial charge in [-0.1, -0.05) is 38.1 Å². The van der Waals surface area contributed by atoms with Crippen LogP contribution in [-0.4, -0.2) is 43.0 Å². The number of pyridine rings is 2. The summed E-state index contributed by atoms with van der Waals surface area (Å²) in [4.78, 5) is 38.2. The summed E-state index contributed by atoms with van der Waals surface area (Å²) in [5.41, 5.74) is 7.98. The normalized spacial score (nSPS) is 15.5. The monoisotopic (exact) mass is 599 g/mol. The molecule has 226 valence electrons. The average Bonchev–Trinajstić information content (AvgIpc) is 3.37. The van der Waals surface area contributed by atoms with Gasteiger partial charge in [0.2, 0.25) is 0 Å². The van der Waals surface area contributed by atoms with Crippen molar-refractivity contribution in [3.63, 3.8) is 0 Å². The summed E-state index contributed by atoms with van der Waals surface area (Å²) in [5.74, 6) is 1.20. The summed E-state index contributed by atoms with van der Waals surface area (Å²) >= 11 is 0. The van der Waals surface area contributed by atoms with Gasteiger partial charge in [-0.15, -0.1) is 0 Å². The molecular weight excluding hydrogens is 566 g/mol. The number of para-hydroxylation sites is 1. The number of hydrogen-bond donors (Lipinski definition) is 1. The molecule has 0 saturated carbocycles. The molecule has 0 aliphatic carbocycles. The van der Waals surface area contributed by atoms with E-state index in [0.717, 1.165) is 5.69 Å². The predicted molar refractivity (Wildman–Crippen MR) is 172 cm³/mol. The van der Waals surface area contributed by atoms with E-state index in [1.165, 1.54) is 0 Å². The molecule has 1 aliphatic heterocycles. The summed E-state index contributed by atoms with van der Waals surface area (Å²) in [6.07, 6.45) is 6.30. The molecule has 0 bridgehead atoms. The van der Waals surface area contributed by atoms with Crippen LogP contribution in [0.15, 0.2) is 108 Å². The summed E-state index contributed by atoms with van der Waals surface area (Å²) in [5, 5.41) is 9.99. The van der Waals surface area contributed by atoms with Crippen LogP contribution in [0.1, 0.15) is 38.4 Å².